The van der Waals surface area contributed by atoms with Crippen LogP contribution in [0.5, 0.6) is 0 Å². The monoisotopic (exact) mass is 389 g/mol. The van der Waals surface area contributed by atoms with Crippen molar-refractivity contribution in [1.82, 2.24) is 0 Å². The average molecular weight is 389 g/mol. The second-order valence-electron chi connectivity index (χ2n) is 5.50. The number of aromatic nitrogens is 1. The molecule has 0 bridgehead atoms. The summed E-state index contributed by atoms with van der Waals surface area (Å²) in [7, 11) is 0. The van der Waals surface area contributed by atoms with E-state index < -0.39 is 0 Å². The Balaban J connectivity index is 2.15. The van der Waals surface area contributed by atoms with Crippen LogP contribution in [0.25, 0.3) is 10.9 Å². The van der Waals surface area contributed by atoms with Crippen molar-refractivity contribution in [2.45, 2.75) is 20.8 Å². The smallest absolute Gasteiger partial charge is 0.216 e. The van der Waals surface area contributed by atoms with Crippen LogP contribution in [-0.2, 0) is 0 Å². The minimum absolute atomic E-state index is 1.11. The van der Waals surface area contributed by atoms with Gasteiger partial charge in [-0.25, -0.2) is 4.98 Å². The molecule has 3 heteroatoms. The highest BCUT2D eigenvalue weighted by molar-refractivity contribution is 14.1. The molecular formula is C18H18IN2+. The molecule has 3 aromatic rings. The molecule has 2 N–H and O–H groups in total. The van der Waals surface area contributed by atoms with Gasteiger partial charge < -0.3 is 5.32 Å². The van der Waals surface area contributed by atoms with Crippen LogP contribution >= 0.6 is 22.6 Å². The molecule has 0 fully saturated rings. The van der Waals surface area contributed by atoms with E-state index in [1.54, 1.807) is 0 Å². The number of benzene rings is 2. The molecule has 2 aromatic carbocycles. The summed E-state index contributed by atoms with van der Waals surface area (Å²) >= 11 is 2.32. The number of hydrogen-bond acceptors (Lipinski definition) is 1. The molecule has 0 saturated heterocycles. The highest BCUT2D eigenvalue weighted by atomic mass is 127. The number of fused-ring (bicyclic) bond motifs is 1. The number of halogens is 1. The fourth-order valence-electron chi connectivity index (χ4n) is 2.67. The van der Waals surface area contributed by atoms with Crippen molar-refractivity contribution < 1.29 is 4.98 Å². The summed E-state index contributed by atoms with van der Waals surface area (Å²) in [4.78, 5) is 3.48. The number of nitrogens with one attached hydrogen (secondary N) is 2. The molecular weight excluding hydrogens is 371 g/mol. The van der Waals surface area contributed by atoms with Crippen LogP contribution in [0.1, 0.15) is 16.8 Å². The maximum absolute atomic E-state index is 3.55. The van der Waals surface area contributed by atoms with E-state index >= 15 is 0 Å². The SMILES string of the molecule is Cc1cc(C)c2[nH+]c(C)cc(Nc3ccc(I)cc3)c2c1. The number of anilines is 2. The molecule has 0 radical (unpaired) electrons. The number of hydrogen-bond donors (Lipinski definition) is 1. The lowest BCUT2D eigenvalue weighted by molar-refractivity contribution is -0.354. The molecule has 106 valence electrons. The molecule has 1 aromatic heterocycles. The van der Waals surface area contributed by atoms with E-state index in [4.69, 9.17) is 0 Å². The minimum Gasteiger partial charge on any atom is -0.355 e. The molecule has 0 aliphatic rings. The molecule has 21 heavy (non-hydrogen) atoms. The van der Waals surface area contributed by atoms with Gasteiger partial charge in [0.2, 0.25) is 5.52 Å². The van der Waals surface area contributed by atoms with Crippen LogP contribution in [0.2, 0.25) is 0 Å². The van der Waals surface area contributed by atoms with Gasteiger partial charge in [-0.05, 0) is 78.4 Å². The van der Waals surface area contributed by atoms with Crippen molar-refractivity contribution in [3.05, 3.63) is 62.9 Å². The van der Waals surface area contributed by atoms with Crippen molar-refractivity contribution in [3.8, 4) is 0 Å². The average Bonchev–Trinajstić information content (AvgIpc) is 2.43. The van der Waals surface area contributed by atoms with Gasteiger partial charge in [0.15, 0.2) is 5.69 Å². The minimum atomic E-state index is 1.11. The van der Waals surface area contributed by atoms with E-state index in [0.717, 1.165) is 17.1 Å². The topological polar surface area (TPSA) is 26.2 Å². The van der Waals surface area contributed by atoms with Crippen LogP contribution < -0.4 is 10.3 Å². The van der Waals surface area contributed by atoms with Crippen molar-refractivity contribution in [1.29, 1.82) is 0 Å². The maximum Gasteiger partial charge on any atom is 0.216 e. The standard InChI is InChI=1S/C18H17IN2/c1-11-8-12(2)18-16(9-11)17(10-13(3)20-18)21-15-6-4-14(19)5-7-15/h4-10H,1-3H3,(H,20,21)/p+1. The zero-order valence-electron chi connectivity index (χ0n) is 12.4. The predicted molar refractivity (Wildman–Crippen MR) is 97.2 cm³/mol. The van der Waals surface area contributed by atoms with Gasteiger partial charge in [-0.15, -0.1) is 0 Å². The van der Waals surface area contributed by atoms with E-state index in [1.165, 1.54) is 25.6 Å². The molecule has 0 spiro atoms. The van der Waals surface area contributed by atoms with Gasteiger partial charge in [0.25, 0.3) is 0 Å². The first-order chi connectivity index (χ1) is 10.0. The molecule has 0 aliphatic carbocycles. The molecule has 2 nitrogen and oxygen atoms in total. The van der Waals surface area contributed by atoms with E-state index in [0.29, 0.717) is 0 Å². The zero-order valence-corrected chi connectivity index (χ0v) is 14.6. The third-order valence-electron chi connectivity index (χ3n) is 3.58. The lowest BCUT2D eigenvalue weighted by Gasteiger charge is -2.10. The summed E-state index contributed by atoms with van der Waals surface area (Å²) in [5, 5.41) is 4.78. The highest BCUT2D eigenvalue weighted by Crippen LogP contribution is 2.27. The molecule has 0 saturated carbocycles. The van der Waals surface area contributed by atoms with Crippen LogP contribution in [0.4, 0.5) is 11.4 Å². The first-order valence-electron chi connectivity index (χ1n) is 6.99. The van der Waals surface area contributed by atoms with Crippen molar-refractivity contribution in [2.24, 2.45) is 0 Å². The largest absolute Gasteiger partial charge is 0.355 e. The first kappa shape index (κ1) is 14.3. The number of rotatable bonds is 2. The normalized spacial score (nSPS) is 10.9. The Kier molecular flexibility index (Phi) is 3.85. The fourth-order valence-corrected chi connectivity index (χ4v) is 3.03. The summed E-state index contributed by atoms with van der Waals surface area (Å²) in [6, 6.07) is 15.1. The maximum atomic E-state index is 3.55. The third-order valence-corrected chi connectivity index (χ3v) is 4.30. The van der Waals surface area contributed by atoms with Crippen molar-refractivity contribution in [2.75, 3.05) is 5.32 Å². The number of aryl methyl sites for hydroxylation is 3. The molecule has 0 unspecified atom stereocenters. The van der Waals surface area contributed by atoms with E-state index in [2.05, 4.69) is 96.1 Å². The van der Waals surface area contributed by atoms with Gasteiger partial charge in [0.05, 0.1) is 11.1 Å². The van der Waals surface area contributed by atoms with Crippen LogP contribution in [0.3, 0.4) is 0 Å². The molecule has 1 heterocycles. The number of H-pyrrole nitrogens is 1. The van der Waals surface area contributed by atoms with Gasteiger partial charge in [0.1, 0.15) is 0 Å². The third kappa shape index (κ3) is 3.02. The number of aromatic amines is 1. The zero-order chi connectivity index (χ0) is 15.0. The fraction of sp³-hybridized carbons (Fsp3) is 0.167. The van der Waals surface area contributed by atoms with Gasteiger partial charge in [0, 0.05) is 27.8 Å². The highest BCUT2D eigenvalue weighted by Gasteiger charge is 2.12. The van der Waals surface area contributed by atoms with E-state index in [9.17, 15) is 0 Å². The molecule has 0 amide bonds. The lowest BCUT2D eigenvalue weighted by atomic mass is 10.0. The summed E-state index contributed by atoms with van der Waals surface area (Å²) < 4.78 is 1.24. The van der Waals surface area contributed by atoms with Gasteiger partial charge in [-0.1, -0.05) is 0 Å². The van der Waals surface area contributed by atoms with Gasteiger partial charge in [-0.3, -0.25) is 0 Å². The van der Waals surface area contributed by atoms with E-state index in [-0.39, 0.29) is 0 Å². The van der Waals surface area contributed by atoms with Gasteiger partial charge in [-0.2, -0.15) is 0 Å². The Hall–Kier alpha value is -1.62. The van der Waals surface area contributed by atoms with Crippen LogP contribution in [0, 0.1) is 24.3 Å². The van der Waals surface area contributed by atoms with Crippen LogP contribution in [-0.4, -0.2) is 0 Å². The molecule has 0 atom stereocenters. The molecule has 3 rings (SSSR count). The Morgan fingerprint density at radius 1 is 0.952 bits per heavy atom. The second kappa shape index (κ2) is 5.64. The predicted octanol–water partition coefficient (Wildman–Crippen LogP) is 4.93. The Labute approximate surface area is 138 Å². The Morgan fingerprint density at radius 2 is 1.67 bits per heavy atom. The lowest BCUT2D eigenvalue weighted by Crippen LogP contribution is -2.11. The molecule has 0 aliphatic heterocycles. The summed E-state index contributed by atoms with van der Waals surface area (Å²) in [5.74, 6) is 0. The summed E-state index contributed by atoms with van der Waals surface area (Å²) in [6.07, 6.45) is 0. The van der Waals surface area contributed by atoms with E-state index in [1.807, 2.05) is 0 Å². The Morgan fingerprint density at radius 3 is 2.38 bits per heavy atom. The quantitative estimate of drug-likeness (QED) is 0.619. The first-order valence-corrected chi connectivity index (χ1v) is 8.07. The van der Waals surface area contributed by atoms with Crippen molar-refractivity contribution >= 4 is 44.9 Å². The summed E-state index contributed by atoms with van der Waals surface area (Å²) in [5.41, 5.74) is 7.18. The van der Waals surface area contributed by atoms with Gasteiger partial charge >= 0.3 is 0 Å². The Bertz CT molecular complexity index is 808. The second-order valence-corrected chi connectivity index (χ2v) is 6.75. The van der Waals surface area contributed by atoms with Crippen molar-refractivity contribution in [3.63, 3.8) is 0 Å². The van der Waals surface area contributed by atoms with Crippen LogP contribution in [0.15, 0.2) is 42.5 Å². The number of pyridine rings is 1. The summed E-state index contributed by atoms with van der Waals surface area (Å²) in [6.45, 7) is 6.39.